The molecule has 0 unspecified atom stereocenters. The van der Waals surface area contributed by atoms with E-state index < -0.39 is 11.9 Å². The van der Waals surface area contributed by atoms with Crippen LogP contribution in [0.4, 0.5) is 20.8 Å². The second-order valence-corrected chi connectivity index (χ2v) is 6.07. The number of pyridine rings is 1. The van der Waals surface area contributed by atoms with E-state index in [0.29, 0.717) is 5.39 Å². The van der Waals surface area contributed by atoms with Crippen LogP contribution in [0.1, 0.15) is 5.56 Å². The molecule has 4 aromatic rings. The molecular formula is C18H15FN8O2. The molecule has 0 aliphatic rings. The molecule has 6 N–H and O–H groups in total. The molecule has 3 aromatic heterocycles. The highest BCUT2D eigenvalue weighted by atomic mass is 19.1. The Morgan fingerprint density at radius 3 is 2.55 bits per heavy atom. The maximum atomic E-state index is 14.6. The second kappa shape index (κ2) is 7.03. The van der Waals surface area contributed by atoms with E-state index in [2.05, 4.69) is 20.1 Å². The van der Waals surface area contributed by atoms with Gasteiger partial charge in [-0.05, 0) is 17.7 Å². The van der Waals surface area contributed by atoms with Gasteiger partial charge in [0, 0.05) is 17.8 Å². The second-order valence-electron chi connectivity index (χ2n) is 6.07. The number of benzene rings is 1. The number of fused-ring (bicyclic) bond motifs is 1. The van der Waals surface area contributed by atoms with E-state index in [4.69, 9.17) is 21.9 Å². The Hall–Kier alpha value is -4.28. The average Bonchev–Trinajstić information content (AvgIpc) is 3.05. The maximum absolute atomic E-state index is 14.6. The van der Waals surface area contributed by atoms with Crippen molar-refractivity contribution >= 4 is 28.6 Å². The number of amides is 1. The molecule has 10 nitrogen and oxygen atoms in total. The largest absolute Gasteiger partial charge is 0.410 e. The van der Waals surface area contributed by atoms with Gasteiger partial charge >= 0.3 is 6.09 Å². The number of aromatic nitrogens is 5. The van der Waals surface area contributed by atoms with Crippen LogP contribution in [0.15, 0.2) is 42.7 Å². The normalized spacial score (nSPS) is 10.9. The van der Waals surface area contributed by atoms with Gasteiger partial charge in [0.05, 0.1) is 6.54 Å². The summed E-state index contributed by atoms with van der Waals surface area (Å²) in [5.41, 5.74) is 18.0. The minimum absolute atomic E-state index is 0.0531. The molecule has 0 atom stereocenters. The predicted octanol–water partition coefficient (Wildman–Crippen LogP) is 1.70. The van der Waals surface area contributed by atoms with Crippen LogP contribution in [-0.2, 0) is 6.54 Å². The fourth-order valence-electron chi connectivity index (χ4n) is 2.93. The number of hydrogen-bond donors (Lipinski definition) is 3. The van der Waals surface area contributed by atoms with Gasteiger partial charge in [-0.25, -0.2) is 19.2 Å². The van der Waals surface area contributed by atoms with E-state index in [1.165, 1.54) is 10.7 Å². The molecule has 11 heteroatoms. The molecule has 0 fully saturated rings. The van der Waals surface area contributed by atoms with Crippen molar-refractivity contribution in [3.63, 3.8) is 0 Å². The number of nitrogens with zero attached hydrogens (tertiary/aromatic N) is 5. The highest BCUT2D eigenvalue weighted by Crippen LogP contribution is 2.32. The third-order valence-electron chi connectivity index (χ3n) is 4.11. The average molecular weight is 394 g/mol. The molecule has 0 saturated heterocycles. The number of nitrogens with two attached hydrogens (primary N) is 3. The highest BCUT2D eigenvalue weighted by Gasteiger charge is 2.21. The lowest BCUT2D eigenvalue weighted by Crippen LogP contribution is -2.19. The summed E-state index contributed by atoms with van der Waals surface area (Å²) in [6.45, 7) is 0.277. The van der Waals surface area contributed by atoms with Gasteiger partial charge in [-0.3, -0.25) is 9.67 Å². The minimum Gasteiger partial charge on any atom is -0.403 e. The third-order valence-corrected chi connectivity index (χ3v) is 4.11. The number of carbonyl (C=O) groups is 1. The van der Waals surface area contributed by atoms with Crippen LogP contribution in [0, 0.1) is 5.82 Å². The van der Waals surface area contributed by atoms with Crippen LogP contribution < -0.4 is 21.9 Å². The molecule has 3 heterocycles. The van der Waals surface area contributed by atoms with E-state index in [9.17, 15) is 9.18 Å². The van der Waals surface area contributed by atoms with Gasteiger partial charge in [0.1, 0.15) is 17.0 Å². The molecule has 0 bridgehead atoms. The summed E-state index contributed by atoms with van der Waals surface area (Å²) in [4.78, 5) is 23.3. The number of primary amides is 1. The fourth-order valence-corrected chi connectivity index (χ4v) is 2.93. The summed E-state index contributed by atoms with van der Waals surface area (Å²) < 4.78 is 20.8. The Bertz CT molecular complexity index is 1200. The predicted molar refractivity (Wildman–Crippen MR) is 103 cm³/mol. The molecule has 1 amide bonds. The number of anilines is 2. The van der Waals surface area contributed by atoms with Crippen molar-refractivity contribution in [3.05, 3.63) is 54.1 Å². The van der Waals surface area contributed by atoms with Crippen LogP contribution in [-0.4, -0.2) is 30.8 Å². The summed E-state index contributed by atoms with van der Waals surface area (Å²) in [6, 6.07) is 8.20. The Balaban J connectivity index is 1.87. The van der Waals surface area contributed by atoms with E-state index in [1.807, 2.05) is 6.07 Å². The van der Waals surface area contributed by atoms with E-state index in [0.717, 1.165) is 5.56 Å². The summed E-state index contributed by atoms with van der Waals surface area (Å²) in [5, 5.41) is 4.94. The van der Waals surface area contributed by atoms with Crippen molar-refractivity contribution in [2.45, 2.75) is 6.54 Å². The molecule has 29 heavy (non-hydrogen) atoms. The van der Waals surface area contributed by atoms with E-state index >= 15 is 0 Å². The number of para-hydroxylation sites is 1. The first-order valence-corrected chi connectivity index (χ1v) is 8.38. The molecule has 0 spiro atoms. The van der Waals surface area contributed by atoms with Crippen molar-refractivity contribution < 1.29 is 13.9 Å². The number of halogens is 1. The van der Waals surface area contributed by atoms with Gasteiger partial charge in [0.2, 0.25) is 5.75 Å². The van der Waals surface area contributed by atoms with Gasteiger partial charge in [-0.1, -0.05) is 18.2 Å². The minimum atomic E-state index is -1.10. The van der Waals surface area contributed by atoms with Gasteiger partial charge in [-0.15, -0.1) is 0 Å². The number of nitrogen functional groups attached to an aromatic ring is 2. The van der Waals surface area contributed by atoms with Crippen LogP contribution in [0.3, 0.4) is 0 Å². The zero-order valence-corrected chi connectivity index (χ0v) is 14.9. The first-order valence-electron chi connectivity index (χ1n) is 8.38. The number of ether oxygens (including phenoxy) is 1. The van der Waals surface area contributed by atoms with Crippen molar-refractivity contribution in [1.29, 1.82) is 0 Å². The summed E-state index contributed by atoms with van der Waals surface area (Å²) >= 11 is 0. The number of carbonyl (C=O) groups excluding carboxylic acids is 1. The molecule has 0 radical (unpaired) electrons. The van der Waals surface area contributed by atoms with Crippen molar-refractivity contribution in [2.75, 3.05) is 11.5 Å². The molecular weight excluding hydrogens is 379 g/mol. The highest BCUT2D eigenvalue weighted by molar-refractivity contribution is 5.92. The first kappa shape index (κ1) is 18.1. The zero-order chi connectivity index (χ0) is 20.5. The maximum Gasteiger partial charge on any atom is 0.410 e. The van der Waals surface area contributed by atoms with Gasteiger partial charge in [0.25, 0.3) is 0 Å². The van der Waals surface area contributed by atoms with E-state index in [1.54, 1.807) is 30.6 Å². The molecule has 0 aliphatic carbocycles. The van der Waals surface area contributed by atoms with Crippen molar-refractivity contribution in [1.82, 2.24) is 24.7 Å². The van der Waals surface area contributed by atoms with Crippen LogP contribution in [0.25, 0.3) is 22.4 Å². The summed E-state index contributed by atoms with van der Waals surface area (Å²) in [7, 11) is 0. The van der Waals surface area contributed by atoms with Gasteiger partial charge in [-0.2, -0.15) is 5.10 Å². The zero-order valence-electron chi connectivity index (χ0n) is 14.9. The Morgan fingerprint density at radius 2 is 1.90 bits per heavy atom. The van der Waals surface area contributed by atoms with Crippen molar-refractivity contribution in [3.8, 4) is 17.3 Å². The standard InChI is InChI=1S/C18H15FN8O2/c19-11-5-1-4-10-12(17-24-15(20)14(16(21)25-17)29-18(22)28)26-27(13(10)11)8-9-3-2-6-23-7-9/h1-7H,8H2,(H2,22,28)(H4,20,21,24,25). The SMILES string of the molecule is NC(=O)Oc1c(N)nc(-c2nn(Cc3cccnc3)c3c(F)cccc23)nc1N. The lowest BCUT2D eigenvalue weighted by molar-refractivity contribution is 0.211. The van der Waals surface area contributed by atoms with Crippen LogP contribution in [0.2, 0.25) is 0 Å². The van der Waals surface area contributed by atoms with E-state index in [-0.39, 0.29) is 41.0 Å². The molecule has 1 aromatic carbocycles. The van der Waals surface area contributed by atoms with Gasteiger partial charge in [0.15, 0.2) is 17.5 Å². The van der Waals surface area contributed by atoms with Gasteiger partial charge < -0.3 is 21.9 Å². The summed E-state index contributed by atoms with van der Waals surface area (Å²) in [6.07, 6.45) is 2.20. The van der Waals surface area contributed by atoms with Crippen molar-refractivity contribution in [2.24, 2.45) is 5.73 Å². The Kier molecular flexibility index (Phi) is 4.39. The molecule has 146 valence electrons. The molecule has 0 aliphatic heterocycles. The summed E-state index contributed by atoms with van der Waals surface area (Å²) in [5.74, 6) is -1.04. The number of hydrogen-bond acceptors (Lipinski definition) is 8. The third kappa shape index (κ3) is 3.36. The number of rotatable bonds is 4. The smallest absolute Gasteiger partial charge is 0.403 e. The lowest BCUT2D eigenvalue weighted by Gasteiger charge is -2.08. The molecule has 4 rings (SSSR count). The topological polar surface area (TPSA) is 161 Å². The Labute approximate surface area is 163 Å². The van der Waals surface area contributed by atoms with Crippen LogP contribution in [0.5, 0.6) is 5.75 Å². The molecule has 0 saturated carbocycles. The lowest BCUT2D eigenvalue weighted by atomic mass is 10.2. The first-order chi connectivity index (χ1) is 13.9. The monoisotopic (exact) mass is 394 g/mol. The van der Waals surface area contributed by atoms with Crippen LogP contribution >= 0.6 is 0 Å². The quantitative estimate of drug-likeness (QED) is 0.471. The Morgan fingerprint density at radius 1 is 1.14 bits per heavy atom. The fraction of sp³-hybridized carbons (Fsp3) is 0.0556.